The number of nitrogens with two attached hydrogens (primary N) is 1. The lowest BCUT2D eigenvalue weighted by molar-refractivity contribution is -0.131. The number of aromatic nitrogens is 2. The lowest BCUT2D eigenvalue weighted by Crippen LogP contribution is -2.31. The molecule has 136 valence electrons. The molecule has 0 spiro atoms. The van der Waals surface area contributed by atoms with Crippen molar-refractivity contribution in [3.63, 3.8) is 0 Å². The summed E-state index contributed by atoms with van der Waals surface area (Å²) in [5.74, 6) is -0.0257. The summed E-state index contributed by atoms with van der Waals surface area (Å²) in [4.78, 5) is 14.3. The Labute approximate surface area is 148 Å². The number of rotatable bonds is 5. The Bertz CT molecular complexity index is 885. The largest absolute Gasteiger partial charge is 0.339 e. The van der Waals surface area contributed by atoms with Crippen molar-refractivity contribution in [2.24, 2.45) is 12.2 Å². The van der Waals surface area contributed by atoms with Crippen LogP contribution < -0.4 is 5.14 Å². The fourth-order valence-electron chi connectivity index (χ4n) is 2.72. The Morgan fingerprint density at radius 2 is 1.84 bits per heavy atom. The van der Waals surface area contributed by atoms with Crippen LogP contribution in [0.5, 0.6) is 0 Å². The maximum Gasteiger partial charge on any atom is 0.238 e. The van der Waals surface area contributed by atoms with Gasteiger partial charge < -0.3 is 4.90 Å². The Kier molecular flexibility index (Phi) is 5.34. The van der Waals surface area contributed by atoms with Crippen LogP contribution in [0.25, 0.3) is 0 Å². The molecule has 8 heteroatoms. The summed E-state index contributed by atoms with van der Waals surface area (Å²) in [7, 11) is -0.125. The molecule has 25 heavy (non-hydrogen) atoms. The van der Waals surface area contributed by atoms with Crippen molar-refractivity contribution in [1.82, 2.24) is 14.7 Å². The molecule has 2 aromatic rings. The molecule has 0 aliphatic rings. The van der Waals surface area contributed by atoms with Gasteiger partial charge in [0, 0.05) is 25.4 Å². The van der Waals surface area contributed by atoms with E-state index in [0.717, 1.165) is 22.5 Å². The fraction of sp³-hybridized carbons (Fsp3) is 0.412. The third-order valence-corrected chi connectivity index (χ3v) is 5.58. The number of amides is 1. The smallest absolute Gasteiger partial charge is 0.238 e. The molecular formula is C17H24N4O3S. The van der Waals surface area contributed by atoms with Crippen molar-refractivity contribution in [2.75, 3.05) is 7.05 Å². The topological polar surface area (TPSA) is 98.3 Å². The normalized spacial score (nSPS) is 12.9. The number of nitrogens with zero attached hydrogens (tertiary/aromatic N) is 3. The molecule has 0 fully saturated rings. The van der Waals surface area contributed by atoms with Crippen LogP contribution in [0.4, 0.5) is 0 Å². The second-order valence-corrected chi connectivity index (χ2v) is 7.81. The van der Waals surface area contributed by atoms with Crippen molar-refractivity contribution < 1.29 is 13.2 Å². The van der Waals surface area contributed by atoms with Gasteiger partial charge in [0.05, 0.1) is 23.1 Å². The van der Waals surface area contributed by atoms with Crippen LogP contribution in [0.2, 0.25) is 0 Å². The first-order valence-electron chi connectivity index (χ1n) is 7.90. The molecule has 1 unspecified atom stereocenters. The molecule has 1 amide bonds. The van der Waals surface area contributed by atoms with Gasteiger partial charge in [0.1, 0.15) is 0 Å². The van der Waals surface area contributed by atoms with E-state index in [1.54, 1.807) is 28.8 Å². The van der Waals surface area contributed by atoms with Gasteiger partial charge in [0.15, 0.2) is 0 Å². The van der Waals surface area contributed by atoms with Crippen LogP contribution in [0.15, 0.2) is 29.2 Å². The van der Waals surface area contributed by atoms with Gasteiger partial charge in [0.2, 0.25) is 15.9 Å². The number of hydrogen-bond donors (Lipinski definition) is 1. The lowest BCUT2D eigenvalue weighted by atomic mass is 10.1. The minimum Gasteiger partial charge on any atom is -0.339 e. The van der Waals surface area contributed by atoms with E-state index in [2.05, 4.69) is 5.10 Å². The van der Waals surface area contributed by atoms with Crippen LogP contribution in [-0.4, -0.2) is 36.1 Å². The number of likely N-dealkylation sites (N-methyl/N-ethyl adjacent to an activating group) is 1. The first kappa shape index (κ1) is 19.1. The highest BCUT2D eigenvalue weighted by atomic mass is 32.2. The Morgan fingerprint density at radius 1 is 1.28 bits per heavy atom. The summed E-state index contributed by atoms with van der Waals surface area (Å²) in [5.41, 5.74) is 3.61. The lowest BCUT2D eigenvalue weighted by Gasteiger charge is -2.25. The zero-order valence-electron chi connectivity index (χ0n) is 15.1. The van der Waals surface area contributed by atoms with Gasteiger partial charge in [-0.3, -0.25) is 9.48 Å². The van der Waals surface area contributed by atoms with E-state index in [0.29, 0.717) is 0 Å². The number of carbonyl (C=O) groups is 1. The van der Waals surface area contributed by atoms with E-state index in [1.807, 2.05) is 27.8 Å². The molecule has 2 N–H and O–H groups in total. The molecule has 7 nitrogen and oxygen atoms in total. The minimum absolute atomic E-state index is 0.0257. The second-order valence-electron chi connectivity index (χ2n) is 6.24. The Morgan fingerprint density at radius 3 is 2.28 bits per heavy atom. The minimum atomic E-state index is -3.72. The van der Waals surface area contributed by atoms with Crippen LogP contribution in [0, 0.1) is 13.8 Å². The maximum absolute atomic E-state index is 12.6. The van der Waals surface area contributed by atoms with Crippen molar-refractivity contribution in [3.8, 4) is 0 Å². The monoisotopic (exact) mass is 364 g/mol. The van der Waals surface area contributed by atoms with Crippen LogP contribution in [0.3, 0.4) is 0 Å². The summed E-state index contributed by atoms with van der Waals surface area (Å²) in [6.45, 7) is 5.73. The Balaban J connectivity index is 2.16. The van der Waals surface area contributed by atoms with Crippen LogP contribution >= 0.6 is 0 Å². The molecular weight excluding hydrogens is 340 g/mol. The Hall–Kier alpha value is -2.19. The average Bonchev–Trinajstić information content (AvgIpc) is 2.79. The SMILES string of the molecule is Cc1nn(C)c(C)c1CC(=O)N(C)C(C)c1ccc(S(N)(=O)=O)cc1. The summed E-state index contributed by atoms with van der Waals surface area (Å²) in [5, 5.41) is 9.44. The van der Waals surface area contributed by atoms with Gasteiger partial charge in [-0.25, -0.2) is 13.6 Å². The number of benzene rings is 1. The van der Waals surface area contributed by atoms with Crippen molar-refractivity contribution in [1.29, 1.82) is 0 Å². The van der Waals surface area contributed by atoms with E-state index < -0.39 is 10.0 Å². The number of aryl methyl sites for hydroxylation is 2. The predicted octanol–water partition coefficient (Wildman–Crippen LogP) is 1.45. The van der Waals surface area contributed by atoms with Crippen LogP contribution in [0.1, 0.15) is 35.5 Å². The molecule has 2 rings (SSSR count). The van der Waals surface area contributed by atoms with E-state index in [-0.39, 0.29) is 23.3 Å². The molecule has 0 saturated heterocycles. The molecule has 0 aliphatic heterocycles. The molecule has 0 aliphatic carbocycles. The number of carbonyl (C=O) groups excluding carboxylic acids is 1. The maximum atomic E-state index is 12.6. The average molecular weight is 364 g/mol. The van der Waals surface area contributed by atoms with E-state index >= 15 is 0 Å². The summed E-state index contributed by atoms with van der Waals surface area (Å²) < 4.78 is 24.4. The molecule has 1 aromatic heterocycles. The first-order chi connectivity index (χ1) is 11.5. The summed E-state index contributed by atoms with van der Waals surface area (Å²) >= 11 is 0. The van der Waals surface area contributed by atoms with Gasteiger partial charge in [0.25, 0.3) is 0 Å². The number of primary sulfonamides is 1. The first-order valence-corrected chi connectivity index (χ1v) is 9.44. The quantitative estimate of drug-likeness (QED) is 0.868. The van der Waals surface area contributed by atoms with E-state index in [1.165, 1.54) is 12.1 Å². The van der Waals surface area contributed by atoms with Crippen molar-refractivity contribution in [3.05, 3.63) is 46.8 Å². The molecule has 1 heterocycles. The van der Waals surface area contributed by atoms with Gasteiger partial charge in [-0.15, -0.1) is 0 Å². The summed E-state index contributed by atoms with van der Waals surface area (Å²) in [6.07, 6.45) is 0.279. The highest BCUT2D eigenvalue weighted by molar-refractivity contribution is 7.89. The molecule has 0 saturated carbocycles. The van der Waals surface area contributed by atoms with Crippen LogP contribution in [-0.2, 0) is 28.3 Å². The van der Waals surface area contributed by atoms with Gasteiger partial charge in [-0.1, -0.05) is 12.1 Å². The molecule has 0 bridgehead atoms. The van der Waals surface area contributed by atoms with Gasteiger partial charge in [-0.05, 0) is 38.5 Å². The van der Waals surface area contributed by atoms with E-state index in [4.69, 9.17) is 5.14 Å². The van der Waals surface area contributed by atoms with E-state index in [9.17, 15) is 13.2 Å². The van der Waals surface area contributed by atoms with Crippen molar-refractivity contribution in [2.45, 2.75) is 38.1 Å². The molecule has 1 atom stereocenters. The van der Waals surface area contributed by atoms with Gasteiger partial charge >= 0.3 is 0 Å². The standard InChI is InChI=1S/C17H24N4O3S/c1-11-16(13(3)21(5)19-11)10-17(22)20(4)12(2)14-6-8-15(9-7-14)25(18,23)24/h6-9,12H,10H2,1-5H3,(H2,18,23,24). The number of sulfonamides is 1. The van der Waals surface area contributed by atoms with Gasteiger partial charge in [-0.2, -0.15) is 5.10 Å². The molecule has 1 aromatic carbocycles. The predicted molar refractivity (Wildman–Crippen MR) is 95.4 cm³/mol. The summed E-state index contributed by atoms with van der Waals surface area (Å²) in [6, 6.07) is 6.06. The highest BCUT2D eigenvalue weighted by Gasteiger charge is 2.21. The molecule has 0 radical (unpaired) electrons. The third-order valence-electron chi connectivity index (χ3n) is 4.65. The van der Waals surface area contributed by atoms with Crippen molar-refractivity contribution >= 4 is 15.9 Å². The fourth-order valence-corrected chi connectivity index (χ4v) is 3.24. The zero-order valence-corrected chi connectivity index (χ0v) is 16.0. The second kappa shape index (κ2) is 6.97. The third kappa shape index (κ3) is 4.08. The number of hydrogen-bond acceptors (Lipinski definition) is 4. The highest BCUT2D eigenvalue weighted by Crippen LogP contribution is 2.22. The zero-order chi connectivity index (χ0) is 18.9.